The van der Waals surface area contributed by atoms with Crippen LogP contribution in [0.4, 0.5) is 16.0 Å². The number of fused-ring (bicyclic) bond motifs is 1. The summed E-state index contributed by atoms with van der Waals surface area (Å²) in [4.78, 5) is 18.8. The van der Waals surface area contributed by atoms with Gasteiger partial charge in [-0.3, -0.25) is 9.78 Å². The topological polar surface area (TPSA) is 81.6 Å². The van der Waals surface area contributed by atoms with E-state index in [1.165, 1.54) is 18.2 Å². The number of H-pyrrole nitrogens is 1. The molecule has 6 heteroatoms. The van der Waals surface area contributed by atoms with Crippen molar-refractivity contribution < 1.29 is 4.39 Å². The molecule has 1 aromatic carbocycles. The molecule has 0 bridgehead atoms. The number of nitrogens with zero attached hydrogens (tertiary/aromatic N) is 2. The lowest BCUT2D eigenvalue weighted by Crippen LogP contribution is -2.16. The largest absolute Gasteiger partial charge is 0.326 e. The van der Waals surface area contributed by atoms with Gasteiger partial charge in [0.05, 0.1) is 11.3 Å². The Labute approximate surface area is 114 Å². The van der Waals surface area contributed by atoms with Crippen LogP contribution in [0.25, 0.3) is 0 Å². The molecule has 3 rings (SSSR count). The van der Waals surface area contributed by atoms with Crippen molar-refractivity contribution in [2.24, 2.45) is 0 Å². The first-order valence-corrected chi connectivity index (χ1v) is 6.26. The van der Waals surface area contributed by atoms with E-state index >= 15 is 0 Å². The van der Waals surface area contributed by atoms with E-state index in [-0.39, 0.29) is 11.1 Å². The van der Waals surface area contributed by atoms with Gasteiger partial charge >= 0.3 is 0 Å². The quantitative estimate of drug-likeness (QED) is 0.874. The van der Waals surface area contributed by atoms with E-state index < -0.39 is 5.82 Å². The van der Waals surface area contributed by atoms with Crippen LogP contribution in [0.3, 0.4) is 0 Å². The van der Waals surface area contributed by atoms with E-state index in [9.17, 15) is 9.18 Å². The zero-order valence-corrected chi connectivity index (χ0v) is 10.5. The molecule has 0 fully saturated rings. The summed E-state index contributed by atoms with van der Waals surface area (Å²) in [5.74, 6) is -0.264. The van der Waals surface area contributed by atoms with E-state index in [0.717, 1.165) is 30.5 Å². The summed E-state index contributed by atoms with van der Waals surface area (Å²) in [7, 11) is 0. The maximum atomic E-state index is 13.2. The molecule has 0 saturated carbocycles. The average Bonchev–Trinajstić information content (AvgIpc) is 2.90. The molecule has 20 heavy (non-hydrogen) atoms. The molecule has 100 valence electrons. The predicted octanol–water partition coefficient (Wildman–Crippen LogP) is 2.01. The molecular weight excluding hydrogens is 259 g/mol. The number of hydrogen-bond donors (Lipinski definition) is 2. The second-order valence-corrected chi connectivity index (χ2v) is 4.62. The van der Waals surface area contributed by atoms with Crippen molar-refractivity contribution >= 4 is 11.6 Å². The SMILES string of the molecule is N#Cc1cc(Nc2nc3c(c(=O)[nH]2)CCC3)ccc1F. The van der Waals surface area contributed by atoms with Crippen molar-refractivity contribution in [3.05, 3.63) is 51.2 Å². The molecule has 1 aliphatic carbocycles. The fourth-order valence-corrected chi connectivity index (χ4v) is 2.33. The number of hydrogen-bond acceptors (Lipinski definition) is 4. The number of rotatable bonds is 2. The van der Waals surface area contributed by atoms with Gasteiger partial charge in [-0.1, -0.05) is 0 Å². The van der Waals surface area contributed by atoms with Crippen LogP contribution in [0.1, 0.15) is 23.2 Å². The van der Waals surface area contributed by atoms with Gasteiger partial charge in [-0.2, -0.15) is 5.26 Å². The highest BCUT2D eigenvalue weighted by molar-refractivity contribution is 5.56. The number of nitrogens with one attached hydrogen (secondary N) is 2. The van der Waals surface area contributed by atoms with E-state index in [4.69, 9.17) is 5.26 Å². The number of aromatic nitrogens is 2. The molecule has 0 radical (unpaired) electrons. The van der Waals surface area contributed by atoms with E-state index in [1.54, 1.807) is 6.07 Å². The molecule has 0 aliphatic heterocycles. The van der Waals surface area contributed by atoms with Gasteiger partial charge in [-0.15, -0.1) is 0 Å². The summed E-state index contributed by atoms with van der Waals surface area (Å²) < 4.78 is 13.2. The van der Waals surface area contributed by atoms with E-state index in [1.807, 2.05) is 0 Å². The fourth-order valence-electron chi connectivity index (χ4n) is 2.33. The van der Waals surface area contributed by atoms with Gasteiger partial charge < -0.3 is 5.32 Å². The highest BCUT2D eigenvalue weighted by Crippen LogP contribution is 2.20. The summed E-state index contributed by atoms with van der Waals surface area (Å²) >= 11 is 0. The molecule has 0 unspecified atom stereocenters. The minimum atomic E-state index is -0.576. The van der Waals surface area contributed by atoms with Crippen LogP contribution in [0.2, 0.25) is 0 Å². The minimum absolute atomic E-state index is 0.0569. The smallest absolute Gasteiger partial charge is 0.255 e. The van der Waals surface area contributed by atoms with Crippen molar-refractivity contribution in [2.75, 3.05) is 5.32 Å². The van der Waals surface area contributed by atoms with Crippen molar-refractivity contribution in [3.63, 3.8) is 0 Å². The molecular formula is C14H11FN4O. The monoisotopic (exact) mass is 270 g/mol. The Bertz CT molecular complexity index is 776. The highest BCUT2D eigenvalue weighted by Gasteiger charge is 2.17. The highest BCUT2D eigenvalue weighted by atomic mass is 19.1. The molecule has 0 saturated heterocycles. The van der Waals surface area contributed by atoms with Crippen molar-refractivity contribution in [2.45, 2.75) is 19.3 Å². The van der Waals surface area contributed by atoms with Gasteiger partial charge in [0.2, 0.25) is 5.95 Å². The predicted molar refractivity (Wildman–Crippen MR) is 71.3 cm³/mol. The molecule has 0 amide bonds. The average molecular weight is 270 g/mol. The summed E-state index contributed by atoms with van der Waals surface area (Å²) in [6.45, 7) is 0. The third kappa shape index (κ3) is 2.14. The van der Waals surface area contributed by atoms with Gasteiger partial charge in [0.1, 0.15) is 11.9 Å². The number of nitriles is 1. The Morgan fingerprint density at radius 2 is 2.25 bits per heavy atom. The molecule has 1 aromatic heterocycles. The summed E-state index contributed by atoms with van der Waals surface area (Å²) in [5.41, 5.74) is 1.85. The molecule has 1 aliphatic rings. The van der Waals surface area contributed by atoms with Gasteiger partial charge in [-0.05, 0) is 37.5 Å². The molecule has 0 spiro atoms. The third-order valence-corrected chi connectivity index (χ3v) is 3.29. The normalized spacial score (nSPS) is 12.8. The first-order chi connectivity index (χ1) is 9.67. The first-order valence-electron chi connectivity index (χ1n) is 6.26. The summed E-state index contributed by atoms with van der Waals surface area (Å²) in [5, 5.41) is 11.7. The number of aromatic amines is 1. The van der Waals surface area contributed by atoms with Crippen LogP contribution < -0.4 is 10.9 Å². The van der Waals surface area contributed by atoms with Crippen molar-refractivity contribution in [1.29, 1.82) is 5.26 Å². The van der Waals surface area contributed by atoms with Gasteiger partial charge in [-0.25, -0.2) is 9.37 Å². The Morgan fingerprint density at radius 3 is 3.05 bits per heavy atom. The lowest BCUT2D eigenvalue weighted by molar-refractivity contribution is 0.624. The molecule has 2 aromatic rings. The number of anilines is 2. The zero-order valence-electron chi connectivity index (χ0n) is 10.5. The Balaban J connectivity index is 1.94. The van der Waals surface area contributed by atoms with Crippen LogP contribution in [0.15, 0.2) is 23.0 Å². The third-order valence-electron chi connectivity index (χ3n) is 3.29. The van der Waals surface area contributed by atoms with Crippen LogP contribution in [0, 0.1) is 17.1 Å². The number of aryl methyl sites for hydroxylation is 1. The second-order valence-electron chi connectivity index (χ2n) is 4.62. The Kier molecular flexibility index (Phi) is 2.95. The summed E-state index contributed by atoms with van der Waals surface area (Å²) in [6, 6.07) is 5.83. The maximum absolute atomic E-state index is 13.2. The maximum Gasteiger partial charge on any atom is 0.255 e. The Hall–Kier alpha value is -2.68. The summed E-state index contributed by atoms with van der Waals surface area (Å²) in [6.07, 6.45) is 2.48. The molecule has 2 N–H and O–H groups in total. The van der Waals surface area contributed by atoms with Gasteiger partial charge in [0.25, 0.3) is 5.56 Å². The standard InChI is InChI=1S/C14H11FN4O/c15-11-5-4-9(6-8(11)7-16)17-14-18-12-3-1-2-10(12)13(20)19-14/h4-6H,1-3H2,(H2,17,18,19,20). The van der Waals surface area contributed by atoms with Crippen LogP contribution in [-0.4, -0.2) is 9.97 Å². The van der Waals surface area contributed by atoms with Crippen LogP contribution in [0.5, 0.6) is 0 Å². The molecule has 5 nitrogen and oxygen atoms in total. The Morgan fingerprint density at radius 1 is 1.40 bits per heavy atom. The van der Waals surface area contributed by atoms with Crippen LogP contribution in [-0.2, 0) is 12.8 Å². The minimum Gasteiger partial charge on any atom is -0.326 e. The van der Waals surface area contributed by atoms with Crippen molar-refractivity contribution in [3.8, 4) is 6.07 Å². The fraction of sp³-hybridized carbons (Fsp3) is 0.214. The van der Waals surface area contributed by atoms with Gasteiger partial charge in [0.15, 0.2) is 0 Å². The lowest BCUT2D eigenvalue weighted by atomic mass is 10.2. The molecule has 0 atom stereocenters. The number of benzene rings is 1. The van der Waals surface area contributed by atoms with Gasteiger partial charge in [0, 0.05) is 11.3 Å². The second kappa shape index (κ2) is 4.78. The van der Waals surface area contributed by atoms with Crippen molar-refractivity contribution in [1.82, 2.24) is 9.97 Å². The lowest BCUT2D eigenvalue weighted by Gasteiger charge is -2.07. The number of halogens is 1. The molecule has 1 heterocycles. The zero-order chi connectivity index (χ0) is 14.1. The van der Waals surface area contributed by atoms with Crippen LogP contribution >= 0.6 is 0 Å². The van der Waals surface area contributed by atoms with E-state index in [0.29, 0.717) is 11.6 Å². The first kappa shape index (κ1) is 12.4. The van der Waals surface area contributed by atoms with E-state index in [2.05, 4.69) is 15.3 Å².